The topological polar surface area (TPSA) is 24.7 Å². The summed E-state index contributed by atoms with van der Waals surface area (Å²) in [5, 5.41) is 7.40. The molecule has 0 aromatic rings. The second-order valence-electron chi connectivity index (χ2n) is 1.92. The lowest BCUT2D eigenvalue weighted by molar-refractivity contribution is 0.644. The van der Waals surface area contributed by atoms with Crippen molar-refractivity contribution in [1.82, 2.24) is 0 Å². The Balaban J connectivity index is 2.97. The van der Waals surface area contributed by atoms with Gasteiger partial charge in [0.05, 0.1) is 6.54 Å². The minimum atomic E-state index is 0.642. The molecule has 0 aliphatic carbocycles. The van der Waals surface area contributed by atoms with Gasteiger partial charge >= 0.3 is 0 Å². The number of hydrogen-bond donors (Lipinski definition) is 0. The van der Waals surface area contributed by atoms with Crippen LogP contribution in [-0.4, -0.2) is 13.6 Å². The lowest BCUT2D eigenvalue weighted by atomic mass is 10.2. The molecular weight excluding hydrogens is 88.1 g/mol. The molecule has 0 radical (unpaired) electrons. The second kappa shape index (κ2) is 3.78. The quantitative estimate of drug-likeness (QED) is 0.472. The highest BCUT2D eigenvalue weighted by molar-refractivity contribution is 4.42. The summed E-state index contributed by atoms with van der Waals surface area (Å²) < 4.78 is 0. The molecule has 0 saturated carbocycles. The predicted octanol–water partition coefficient (Wildman–Crippen LogP) is 1.72. The Morgan fingerprint density at radius 3 is 2.14 bits per heavy atom. The van der Waals surface area contributed by atoms with E-state index in [0.29, 0.717) is 5.92 Å². The Morgan fingerprint density at radius 1 is 1.43 bits per heavy atom. The molecule has 0 N–H and O–H groups in total. The van der Waals surface area contributed by atoms with Crippen molar-refractivity contribution >= 4 is 0 Å². The molecule has 7 heavy (non-hydrogen) atoms. The molecule has 42 valence electrons. The average molecular weight is 100 g/mol. The Kier molecular flexibility index (Phi) is 3.56. The molecule has 0 bridgehead atoms. The van der Waals surface area contributed by atoms with Crippen LogP contribution in [-0.2, 0) is 0 Å². The van der Waals surface area contributed by atoms with Gasteiger partial charge in [-0.1, -0.05) is 13.8 Å². The van der Waals surface area contributed by atoms with Crippen molar-refractivity contribution in [3.63, 3.8) is 0 Å². The predicted molar refractivity (Wildman–Crippen MR) is 30.5 cm³/mol. The van der Waals surface area contributed by atoms with Gasteiger partial charge in [-0.05, 0) is 5.92 Å². The third-order valence-corrected chi connectivity index (χ3v) is 0.588. The van der Waals surface area contributed by atoms with Crippen molar-refractivity contribution in [3.05, 3.63) is 0 Å². The van der Waals surface area contributed by atoms with Crippen LogP contribution in [0.4, 0.5) is 0 Å². The third-order valence-electron chi connectivity index (χ3n) is 0.588. The standard InChI is InChI=1S/C5H12N2/c1-5(2)4-7-6-3/h5H,4H2,1-3H3/b7-6-. The largest absolute Gasteiger partial charge is 0.198 e. The van der Waals surface area contributed by atoms with Gasteiger partial charge in [0.2, 0.25) is 0 Å². The Morgan fingerprint density at radius 2 is 2.00 bits per heavy atom. The van der Waals surface area contributed by atoms with Crippen LogP contribution in [0.3, 0.4) is 0 Å². The van der Waals surface area contributed by atoms with E-state index in [0.717, 1.165) is 6.54 Å². The highest BCUT2D eigenvalue weighted by Crippen LogP contribution is 1.90. The Hall–Kier alpha value is -0.400. The van der Waals surface area contributed by atoms with Crippen molar-refractivity contribution < 1.29 is 0 Å². The number of nitrogens with zero attached hydrogens (tertiary/aromatic N) is 2. The molecule has 0 rings (SSSR count). The zero-order valence-electron chi connectivity index (χ0n) is 5.18. The monoisotopic (exact) mass is 100 g/mol. The number of hydrogen-bond acceptors (Lipinski definition) is 2. The molecule has 0 aliphatic rings. The third kappa shape index (κ3) is 5.60. The molecule has 0 saturated heterocycles. The van der Waals surface area contributed by atoms with Crippen LogP contribution in [0.5, 0.6) is 0 Å². The van der Waals surface area contributed by atoms with Crippen molar-refractivity contribution in [2.24, 2.45) is 16.1 Å². The summed E-state index contributed by atoms with van der Waals surface area (Å²) in [6.07, 6.45) is 0. The zero-order valence-corrected chi connectivity index (χ0v) is 5.18. The summed E-state index contributed by atoms with van der Waals surface area (Å²) in [7, 11) is 1.70. The van der Waals surface area contributed by atoms with Crippen LogP contribution in [0.25, 0.3) is 0 Å². The van der Waals surface area contributed by atoms with Gasteiger partial charge in [0, 0.05) is 7.05 Å². The summed E-state index contributed by atoms with van der Waals surface area (Å²) in [6, 6.07) is 0. The maximum absolute atomic E-state index is 3.80. The summed E-state index contributed by atoms with van der Waals surface area (Å²) >= 11 is 0. The van der Waals surface area contributed by atoms with Crippen molar-refractivity contribution in [2.75, 3.05) is 13.6 Å². The summed E-state index contributed by atoms with van der Waals surface area (Å²) in [6.45, 7) is 5.10. The van der Waals surface area contributed by atoms with Gasteiger partial charge in [-0.25, -0.2) is 0 Å². The van der Waals surface area contributed by atoms with Gasteiger partial charge in [0.25, 0.3) is 0 Å². The molecule has 0 aromatic carbocycles. The van der Waals surface area contributed by atoms with Crippen LogP contribution in [0.15, 0.2) is 10.2 Å². The smallest absolute Gasteiger partial charge is 0.0621 e. The van der Waals surface area contributed by atoms with E-state index >= 15 is 0 Å². The average Bonchev–Trinajstić information content (AvgIpc) is 1.61. The van der Waals surface area contributed by atoms with Crippen LogP contribution >= 0.6 is 0 Å². The van der Waals surface area contributed by atoms with E-state index in [1.165, 1.54) is 0 Å². The molecule has 0 heterocycles. The van der Waals surface area contributed by atoms with Gasteiger partial charge in [0.15, 0.2) is 0 Å². The summed E-state index contributed by atoms with van der Waals surface area (Å²) in [5.41, 5.74) is 0. The first-order valence-corrected chi connectivity index (χ1v) is 2.53. The molecule has 2 heteroatoms. The van der Waals surface area contributed by atoms with Crippen LogP contribution in [0, 0.1) is 5.92 Å². The molecule has 0 atom stereocenters. The Labute approximate surface area is 44.6 Å². The minimum Gasteiger partial charge on any atom is -0.198 e. The first-order chi connectivity index (χ1) is 3.27. The van der Waals surface area contributed by atoms with Gasteiger partial charge in [0.1, 0.15) is 0 Å². The van der Waals surface area contributed by atoms with Crippen molar-refractivity contribution in [1.29, 1.82) is 0 Å². The second-order valence-corrected chi connectivity index (χ2v) is 1.92. The van der Waals surface area contributed by atoms with E-state index in [1.807, 2.05) is 0 Å². The normalized spacial score (nSPS) is 11.4. The lowest BCUT2D eigenvalue weighted by Crippen LogP contribution is -1.89. The van der Waals surface area contributed by atoms with E-state index in [2.05, 4.69) is 24.1 Å². The molecular formula is C5H12N2. The first-order valence-electron chi connectivity index (χ1n) is 2.53. The molecule has 0 unspecified atom stereocenters. The van der Waals surface area contributed by atoms with Gasteiger partial charge in [-0.3, -0.25) is 0 Å². The fourth-order valence-corrected chi connectivity index (χ4v) is 0.245. The highest BCUT2D eigenvalue weighted by Gasteiger charge is 1.85. The van der Waals surface area contributed by atoms with E-state index in [9.17, 15) is 0 Å². The van der Waals surface area contributed by atoms with E-state index in [4.69, 9.17) is 0 Å². The summed E-state index contributed by atoms with van der Waals surface area (Å²) in [4.78, 5) is 0. The van der Waals surface area contributed by atoms with Gasteiger partial charge in [-0.15, -0.1) is 0 Å². The molecule has 2 nitrogen and oxygen atoms in total. The van der Waals surface area contributed by atoms with Gasteiger partial charge < -0.3 is 0 Å². The zero-order chi connectivity index (χ0) is 5.70. The number of rotatable bonds is 2. The molecule has 0 fully saturated rings. The van der Waals surface area contributed by atoms with E-state index in [-0.39, 0.29) is 0 Å². The maximum Gasteiger partial charge on any atom is 0.0621 e. The van der Waals surface area contributed by atoms with Crippen molar-refractivity contribution in [2.45, 2.75) is 13.8 Å². The number of azo groups is 1. The highest BCUT2D eigenvalue weighted by atomic mass is 15.1. The molecule has 0 aliphatic heterocycles. The Bertz CT molecular complexity index is 57.1. The van der Waals surface area contributed by atoms with Gasteiger partial charge in [-0.2, -0.15) is 10.2 Å². The van der Waals surface area contributed by atoms with Crippen molar-refractivity contribution in [3.8, 4) is 0 Å². The minimum absolute atomic E-state index is 0.642. The fourth-order valence-electron chi connectivity index (χ4n) is 0.245. The van der Waals surface area contributed by atoms with E-state index in [1.54, 1.807) is 7.05 Å². The summed E-state index contributed by atoms with van der Waals surface area (Å²) in [5.74, 6) is 0.642. The van der Waals surface area contributed by atoms with Crippen LogP contribution in [0.2, 0.25) is 0 Å². The molecule has 0 aromatic heterocycles. The molecule has 0 spiro atoms. The lowest BCUT2D eigenvalue weighted by Gasteiger charge is -1.92. The fraction of sp³-hybridized carbons (Fsp3) is 1.00. The van der Waals surface area contributed by atoms with Crippen LogP contribution in [0.1, 0.15) is 13.8 Å². The maximum atomic E-state index is 3.80. The SMILES string of the molecule is C/N=N\CC(C)C. The molecule has 0 amide bonds. The van der Waals surface area contributed by atoms with E-state index < -0.39 is 0 Å². The first kappa shape index (κ1) is 6.60. The van der Waals surface area contributed by atoms with Crippen LogP contribution < -0.4 is 0 Å².